The number of rotatable bonds is 4. The van der Waals surface area contributed by atoms with Crippen molar-refractivity contribution in [3.63, 3.8) is 0 Å². The molecule has 2 rings (SSSR count). The zero-order chi connectivity index (χ0) is 14.0. The molecule has 0 unspecified atom stereocenters. The van der Waals surface area contributed by atoms with Gasteiger partial charge < -0.3 is 0 Å². The van der Waals surface area contributed by atoms with Crippen LogP contribution in [0.5, 0.6) is 0 Å². The van der Waals surface area contributed by atoms with E-state index in [1.807, 2.05) is 0 Å². The van der Waals surface area contributed by atoms with Gasteiger partial charge in [-0.15, -0.1) is 0 Å². The molecule has 1 aliphatic heterocycles. The Kier molecular flexibility index (Phi) is 3.81. The van der Waals surface area contributed by atoms with Crippen molar-refractivity contribution in [1.82, 2.24) is 4.90 Å². The van der Waals surface area contributed by atoms with Crippen molar-refractivity contribution in [2.75, 3.05) is 6.54 Å². The Morgan fingerprint density at radius 1 is 1.21 bits per heavy atom. The lowest BCUT2D eigenvalue weighted by Crippen LogP contribution is -2.30. The van der Waals surface area contributed by atoms with Crippen molar-refractivity contribution >= 4 is 28.7 Å². The second-order valence-electron chi connectivity index (χ2n) is 4.26. The van der Waals surface area contributed by atoms with Gasteiger partial charge >= 0.3 is 0 Å². The van der Waals surface area contributed by atoms with E-state index in [2.05, 4.69) is 0 Å². The Balaban J connectivity index is 2.09. The summed E-state index contributed by atoms with van der Waals surface area (Å²) in [6.45, 7) is 1.84. The Bertz CT molecular complexity index is 557. The predicted octanol–water partition coefficient (Wildman–Crippen LogP) is 2.38. The van der Waals surface area contributed by atoms with E-state index in [4.69, 9.17) is 11.6 Å². The van der Waals surface area contributed by atoms with Gasteiger partial charge in [0, 0.05) is 12.1 Å². The smallest absolute Gasteiger partial charge is 0.261 e. The molecule has 5 heteroatoms. The topological polar surface area (TPSA) is 54.5 Å². The van der Waals surface area contributed by atoms with Crippen LogP contribution in [0.2, 0.25) is 0 Å². The monoisotopic (exact) mass is 277 g/mol. The van der Waals surface area contributed by atoms with Gasteiger partial charge in [0.25, 0.3) is 11.8 Å². The van der Waals surface area contributed by atoms with E-state index in [1.54, 1.807) is 37.3 Å². The van der Waals surface area contributed by atoms with Gasteiger partial charge in [-0.1, -0.05) is 18.2 Å². The molecule has 0 atom stereocenters. The Hall–Kier alpha value is -1.94. The van der Waals surface area contributed by atoms with E-state index in [-0.39, 0.29) is 18.4 Å². The van der Waals surface area contributed by atoms with Gasteiger partial charge in [-0.25, -0.2) is 0 Å². The molecule has 0 saturated carbocycles. The van der Waals surface area contributed by atoms with Gasteiger partial charge in [-0.3, -0.25) is 19.3 Å². The van der Waals surface area contributed by atoms with Crippen LogP contribution >= 0.6 is 11.6 Å². The zero-order valence-electron chi connectivity index (χ0n) is 10.4. The molecule has 98 valence electrons. The van der Waals surface area contributed by atoms with Crippen molar-refractivity contribution in [3.8, 4) is 0 Å². The van der Waals surface area contributed by atoms with E-state index >= 15 is 0 Å². The van der Waals surface area contributed by atoms with Crippen LogP contribution in [0.1, 0.15) is 34.1 Å². The number of carbonyl (C=O) groups is 3. The molecule has 0 N–H and O–H groups in total. The first-order valence-corrected chi connectivity index (χ1v) is 6.22. The molecule has 0 radical (unpaired) electrons. The number of allylic oxidation sites excluding steroid dienone is 1. The third kappa shape index (κ3) is 2.58. The fraction of sp³-hybridized carbons (Fsp3) is 0.214. The first-order chi connectivity index (χ1) is 9.02. The quantitative estimate of drug-likeness (QED) is 0.482. The lowest BCUT2D eigenvalue weighted by molar-refractivity contribution is -0.108. The van der Waals surface area contributed by atoms with Crippen LogP contribution in [0.3, 0.4) is 0 Å². The van der Waals surface area contributed by atoms with Crippen LogP contribution in [-0.2, 0) is 4.79 Å². The number of amides is 2. The van der Waals surface area contributed by atoms with Gasteiger partial charge in [-0.05, 0) is 37.1 Å². The zero-order valence-corrected chi connectivity index (χ0v) is 11.1. The maximum absolute atomic E-state index is 12.0. The number of fused-ring (bicyclic) bond motifs is 1. The summed E-state index contributed by atoms with van der Waals surface area (Å²) in [5, 5.41) is -0.526. The maximum atomic E-state index is 12.0. The Labute approximate surface area is 115 Å². The second-order valence-corrected chi connectivity index (χ2v) is 4.60. The van der Waals surface area contributed by atoms with E-state index < -0.39 is 5.24 Å². The highest BCUT2D eigenvalue weighted by atomic mass is 35.5. The van der Waals surface area contributed by atoms with Crippen LogP contribution < -0.4 is 0 Å². The summed E-state index contributed by atoms with van der Waals surface area (Å²) in [6, 6.07) is 6.73. The predicted molar refractivity (Wildman–Crippen MR) is 71.0 cm³/mol. The summed E-state index contributed by atoms with van der Waals surface area (Å²) in [5.74, 6) is -0.576. The standard InChI is InChI=1S/C14H12ClNO3/c1-9(12(15)17)5-4-8-16-13(18)10-6-2-3-7-11(10)14(16)19/h2-3,5-7H,4,8H2,1H3/b9-5+. The van der Waals surface area contributed by atoms with Gasteiger partial charge in [0.15, 0.2) is 0 Å². The number of halogens is 1. The number of hydrogen-bond acceptors (Lipinski definition) is 3. The summed E-state index contributed by atoms with van der Waals surface area (Å²) >= 11 is 5.30. The summed E-state index contributed by atoms with van der Waals surface area (Å²) in [4.78, 5) is 36.0. The normalized spacial score (nSPS) is 14.8. The van der Waals surface area contributed by atoms with Crippen molar-refractivity contribution in [2.45, 2.75) is 13.3 Å². The molecular weight excluding hydrogens is 266 g/mol. The van der Waals surface area contributed by atoms with E-state index in [0.717, 1.165) is 0 Å². The molecule has 1 aromatic carbocycles. The lowest BCUT2D eigenvalue weighted by atomic mass is 10.1. The van der Waals surface area contributed by atoms with Crippen LogP contribution in [0.4, 0.5) is 0 Å². The summed E-state index contributed by atoms with van der Waals surface area (Å²) in [7, 11) is 0. The molecule has 0 aromatic heterocycles. The lowest BCUT2D eigenvalue weighted by Gasteiger charge is -2.12. The SMILES string of the molecule is C/C(=C\CCN1C(=O)c2ccccc2C1=O)C(=O)Cl. The molecule has 0 fully saturated rings. The minimum absolute atomic E-state index is 0.244. The molecule has 2 amide bonds. The third-order valence-electron chi connectivity index (χ3n) is 2.99. The van der Waals surface area contributed by atoms with E-state index in [9.17, 15) is 14.4 Å². The second kappa shape index (κ2) is 5.36. The Morgan fingerprint density at radius 3 is 2.21 bits per heavy atom. The van der Waals surface area contributed by atoms with Crippen molar-refractivity contribution in [2.24, 2.45) is 0 Å². The first kappa shape index (κ1) is 13.5. The van der Waals surface area contributed by atoms with Crippen molar-refractivity contribution < 1.29 is 14.4 Å². The van der Waals surface area contributed by atoms with Crippen LogP contribution in [0, 0.1) is 0 Å². The van der Waals surface area contributed by atoms with E-state index in [1.165, 1.54) is 4.90 Å². The van der Waals surface area contributed by atoms with E-state index in [0.29, 0.717) is 23.1 Å². The molecule has 1 aromatic rings. The fourth-order valence-electron chi connectivity index (χ4n) is 1.93. The highest BCUT2D eigenvalue weighted by Gasteiger charge is 2.34. The minimum Gasteiger partial charge on any atom is -0.276 e. The fourth-order valence-corrected chi connectivity index (χ4v) is 2.01. The summed E-state index contributed by atoms with van der Waals surface area (Å²) in [6.07, 6.45) is 2.04. The van der Waals surface area contributed by atoms with Crippen LogP contribution in [0.15, 0.2) is 35.9 Å². The number of nitrogens with zero attached hydrogens (tertiary/aromatic N) is 1. The summed E-state index contributed by atoms with van der Waals surface area (Å²) < 4.78 is 0. The number of benzene rings is 1. The molecule has 1 aliphatic rings. The van der Waals surface area contributed by atoms with Gasteiger partial charge in [0.2, 0.25) is 5.24 Å². The summed E-state index contributed by atoms with van der Waals surface area (Å²) in [5.41, 5.74) is 1.28. The van der Waals surface area contributed by atoms with Crippen LogP contribution in [0.25, 0.3) is 0 Å². The minimum atomic E-state index is -0.526. The van der Waals surface area contributed by atoms with Gasteiger partial charge in [0.05, 0.1) is 11.1 Å². The van der Waals surface area contributed by atoms with Crippen LogP contribution in [-0.4, -0.2) is 28.5 Å². The third-order valence-corrected chi connectivity index (χ3v) is 3.29. The number of hydrogen-bond donors (Lipinski definition) is 0. The average Bonchev–Trinajstić information content (AvgIpc) is 2.64. The molecule has 19 heavy (non-hydrogen) atoms. The number of imide groups is 1. The molecule has 0 aliphatic carbocycles. The highest BCUT2D eigenvalue weighted by molar-refractivity contribution is 6.67. The Morgan fingerprint density at radius 2 is 1.74 bits per heavy atom. The van der Waals surface area contributed by atoms with Gasteiger partial charge in [-0.2, -0.15) is 0 Å². The highest BCUT2D eigenvalue weighted by Crippen LogP contribution is 2.22. The average molecular weight is 278 g/mol. The molecule has 0 bridgehead atoms. The van der Waals surface area contributed by atoms with Crippen molar-refractivity contribution in [1.29, 1.82) is 0 Å². The van der Waals surface area contributed by atoms with Crippen molar-refractivity contribution in [3.05, 3.63) is 47.0 Å². The molecule has 4 nitrogen and oxygen atoms in total. The largest absolute Gasteiger partial charge is 0.276 e. The first-order valence-electron chi connectivity index (χ1n) is 5.84. The maximum Gasteiger partial charge on any atom is 0.261 e. The molecule has 1 heterocycles. The molecular formula is C14H12ClNO3. The van der Waals surface area contributed by atoms with Gasteiger partial charge in [0.1, 0.15) is 0 Å². The number of carbonyl (C=O) groups excluding carboxylic acids is 3. The molecule has 0 spiro atoms. The molecule has 0 saturated heterocycles.